The van der Waals surface area contributed by atoms with Gasteiger partial charge < -0.3 is 9.79 Å². The number of amides is 1. The van der Waals surface area contributed by atoms with E-state index in [1.807, 2.05) is 24.3 Å². The molecule has 0 aliphatic carbocycles. The monoisotopic (exact) mass is 483 g/mol. The van der Waals surface area contributed by atoms with Gasteiger partial charge in [0.25, 0.3) is 11.5 Å². The van der Waals surface area contributed by atoms with E-state index in [1.165, 1.54) is 10.6 Å². The van der Waals surface area contributed by atoms with Crippen LogP contribution in [0, 0.1) is 0 Å². The summed E-state index contributed by atoms with van der Waals surface area (Å²) in [6, 6.07) is 18.9. The van der Waals surface area contributed by atoms with Crippen LogP contribution in [0.4, 0.5) is 0 Å². The van der Waals surface area contributed by atoms with E-state index in [0.717, 1.165) is 11.1 Å². The maximum absolute atomic E-state index is 12.7. The Bertz CT molecular complexity index is 1480. The van der Waals surface area contributed by atoms with Crippen molar-refractivity contribution < 1.29 is 19.1 Å². The minimum Gasteiger partial charge on any atom is -0.308 e. The van der Waals surface area contributed by atoms with Crippen LogP contribution in [0.25, 0.3) is 22.3 Å². The van der Waals surface area contributed by atoms with E-state index in [4.69, 9.17) is 21.4 Å². The molecule has 0 spiro atoms. The van der Waals surface area contributed by atoms with E-state index in [1.54, 1.807) is 48.5 Å². The number of benzene rings is 3. The molecule has 8 nitrogen and oxygen atoms in total. The number of carbonyl (C=O) groups is 1. The molecule has 4 rings (SSSR count). The molecule has 3 aromatic carbocycles. The third-order valence-corrected chi connectivity index (χ3v) is 5.88. The predicted molar refractivity (Wildman–Crippen MR) is 126 cm³/mol. The lowest BCUT2D eigenvalue weighted by molar-refractivity contribution is 0.0971. The van der Waals surface area contributed by atoms with Gasteiger partial charge in [-0.2, -0.15) is 0 Å². The van der Waals surface area contributed by atoms with Crippen LogP contribution in [0.3, 0.4) is 0 Å². The van der Waals surface area contributed by atoms with Crippen LogP contribution in [-0.2, 0) is 18.0 Å². The molecule has 1 amide bonds. The predicted octanol–water partition coefficient (Wildman–Crippen LogP) is 3.67. The standard InChI is InChI=1S/C23H19ClN3O5P/c1-27-21(25-20-13-17(24)10-11-19(20)23(27)29)15-8-6-14(7-9-15)12-16-4-2-3-5-18(16)22(28)26-33(30,31)32/h2-11,13H,12H2,1H3,(H3,26,28,30,31,32). The molecule has 0 saturated carbocycles. The molecule has 10 heteroatoms. The van der Waals surface area contributed by atoms with E-state index in [-0.39, 0.29) is 11.1 Å². The zero-order valence-corrected chi connectivity index (χ0v) is 19.0. The summed E-state index contributed by atoms with van der Waals surface area (Å²) in [7, 11) is -3.05. The molecule has 1 aromatic heterocycles. The Morgan fingerprint density at radius 3 is 2.48 bits per heavy atom. The van der Waals surface area contributed by atoms with E-state index in [0.29, 0.717) is 33.7 Å². The third-order valence-electron chi connectivity index (χ3n) is 5.15. The minimum atomic E-state index is -4.70. The number of aromatic nitrogens is 2. The highest BCUT2D eigenvalue weighted by atomic mass is 35.5. The van der Waals surface area contributed by atoms with Crippen LogP contribution in [0.2, 0.25) is 5.02 Å². The molecule has 1 heterocycles. The van der Waals surface area contributed by atoms with Crippen LogP contribution >= 0.6 is 19.3 Å². The lowest BCUT2D eigenvalue weighted by atomic mass is 9.98. The summed E-state index contributed by atoms with van der Waals surface area (Å²) >= 11 is 6.06. The highest BCUT2D eigenvalue weighted by molar-refractivity contribution is 7.50. The topological polar surface area (TPSA) is 122 Å². The molecule has 0 aliphatic heterocycles. The molecule has 0 fully saturated rings. The number of hydrogen-bond acceptors (Lipinski definition) is 4. The highest BCUT2D eigenvalue weighted by Gasteiger charge is 2.20. The van der Waals surface area contributed by atoms with Gasteiger partial charge >= 0.3 is 7.75 Å². The number of carbonyl (C=O) groups excluding carboxylic acids is 1. The van der Waals surface area contributed by atoms with Gasteiger partial charge in [-0.05, 0) is 41.8 Å². The number of hydrogen-bond donors (Lipinski definition) is 3. The van der Waals surface area contributed by atoms with E-state index in [2.05, 4.69) is 4.98 Å². The van der Waals surface area contributed by atoms with Crippen molar-refractivity contribution in [3.05, 3.63) is 98.8 Å². The molecule has 4 aromatic rings. The van der Waals surface area contributed by atoms with Crippen molar-refractivity contribution in [1.82, 2.24) is 14.6 Å². The maximum atomic E-state index is 12.7. The molecular formula is C23H19ClN3O5P. The van der Waals surface area contributed by atoms with Crippen molar-refractivity contribution in [2.45, 2.75) is 6.42 Å². The normalized spacial score (nSPS) is 11.5. The first-order valence-electron chi connectivity index (χ1n) is 9.84. The quantitative estimate of drug-likeness (QED) is 0.372. The SMILES string of the molecule is Cn1c(-c2ccc(Cc3ccccc3C(=O)NP(=O)(O)O)cc2)nc2cc(Cl)ccc2c1=O. The second-order valence-electron chi connectivity index (χ2n) is 7.48. The minimum absolute atomic E-state index is 0.180. The van der Waals surface area contributed by atoms with Crippen molar-refractivity contribution >= 4 is 36.2 Å². The summed E-state index contributed by atoms with van der Waals surface area (Å²) in [6.07, 6.45) is 0.366. The Hall–Kier alpha value is -3.29. The summed E-state index contributed by atoms with van der Waals surface area (Å²) in [5.74, 6) is -0.354. The molecule has 0 atom stereocenters. The molecule has 0 unspecified atom stereocenters. The molecule has 3 N–H and O–H groups in total. The Morgan fingerprint density at radius 1 is 1.09 bits per heavy atom. The highest BCUT2D eigenvalue weighted by Crippen LogP contribution is 2.29. The Balaban J connectivity index is 1.65. The van der Waals surface area contributed by atoms with Crippen LogP contribution in [0.15, 0.2) is 71.5 Å². The van der Waals surface area contributed by atoms with Gasteiger partial charge in [0.15, 0.2) is 0 Å². The van der Waals surface area contributed by atoms with Crippen LogP contribution in [0.5, 0.6) is 0 Å². The summed E-state index contributed by atoms with van der Waals surface area (Å²) < 4.78 is 12.6. The van der Waals surface area contributed by atoms with E-state index in [9.17, 15) is 14.2 Å². The molecule has 0 saturated heterocycles. The Kier molecular flexibility index (Phi) is 6.19. The van der Waals surface area contributed by atoms with Gasteiger partial charge in [-0.15, -0.1) is 0 Å². The molecule has 0 bridgehead atoms. The first kappa shape index (κ1) is 22.9. The average Bonchev–Trinajstić information content (AvgIpc) is 2.76. The van der Waals surface area contributed by atoms with Gasteiger partial charge in [0, 0.05) is 23.2 Å². The smallest absolute Gasteiger partial charge is 0.308 e. The summed E-state index contributed by atoms with van der Waals surface area (Å²) in [6.45, 7) is 0. The van der Waals surface area contributed by atoms with Gasteiger partial charge in [-0.3, -0.25) is 19.2 Å². The van der Waals surface area contributed by atoms with Crippen molar-refractivity contribution in [3.8, 4) is 11.4 Å². The van der Waals surface area contributed by atoms with Gasteiger partial charge in [-0.1, -0.05) is 54.1 Å². The summed E-state index contributed by atoms with van der Waals surface area (Å²) in [5, 5.41) is 2.67. The molecule has 0 radical (unpaired) electrons. The van der Waals surface area contributed by atoms with Crippen molar-refractivity contribution in [2.24, 2.45) is 7.05 Å². The molecule has 0 aliphatic rings. The van der Waals surface area contributed by atoms with Crippen LogP contribution < -0.4 is 10.6 Å². The Morgan fingerprint density at radius 2 is 1.79 bits per heavy atom. The van der Waals surface area contributed by atoms with Crippen molar-refractivity contribution in [2.75, 3.05) is 0 Å². The average molecular weight is 484 g/mol. The van der Waals surface area contributed by atoms with Gasteiger partial charge in [0.2, 0.25) is 0 Å². The number of fused-ring (bicyclic) bond motifs is 1. The molecule has 168 valence electrons. The van der Waals surface area contributed by atoms with Gasteiger partial charge in [0.05, 0.1) is 10.9 Å². The first-order valence-corrected chi connectivity index (χ1v) is 11.8. The van der Waals surface area contributed by atoms with Gasteiger partial charge in [-0.25, -0.2) is 9.55 Å². The maximum Gasteiger partial charge on any atom is 0.430 e. The summed E-state index contributed by atoms with van der Waals surface area (Å²) in [5.41, 5.74) is 2.72. The molecular weight excluding hydrogens is 465 g/mol. The zero-order chi connectivity index (χ0) is 23.8. The second-order valence-corrected chi connectivity index (χ2v) is 9.22. The van der Waals surface area contributed by atoms with E-state index < -0.39 is 13.7 Å². The summed E-state index contributed by atoms with van der Waals surface area (Å²) in [4.78, 5) is 47.7. The molecule has 33 heavy (non-hydrogen) atoms. The largest absolute Gasteiger partial charge is 0.430 e. The third kappa shape index (κ3) is 5.05. The number of nitrogens with one attached hydrogen (secondary N) is 1. The van der Waals surface area contributed by atoms with Crippen molar-refractivity contribution in [1.29, 1.82) is 0 Å². The first-order chi connectivity index (χ1) is 15.6. The lowest BCUT2D eigenvalue weighted by Crippen LogP contribution is -2.21. The van der Waals surface area contributed by atoms with E-state index >= 15 is 0 Å². The van der Waals surface area contributed by atoms with Crippen molar-refractivity contribution in [3.63, 3.8) is 0 Å². The fourth-order valence-corrected chi connectivity index (χ4v) is 4.13. The Labute approximate surface area is 193 Å². The zero-order valence-electron chi connectivity index (χ0n) is 17.4. The lowest BCUT2D eigenvalue weighted by Gasteiger charge is -2.12. The number of nitrogens with zero attached hydrogens (tertiary/aromatic N) is 2. The number of halogens is 1. The van der Waals surface area contributed by atoms with Gasteiger partial charge in [0.1, 0.15) is 5.82 Å². The van der Waals surface area contributed by atoms with Crippen LogP contribution in [-0.4, -0.2) is 25.2 Å². The fourth-order valence-electron chi connectivity index (χ4n) is 3.58. The fraction of sp³-hybridized carbons (Fsp3) is 0.0870. The number of rotatable bonds is 5. The van der Waals surface area contributed by atoms with Crippen LogP contribution in [0.1, 0.15) is 21.5 Å². The second kappa shape index (κ2) is 8.92.